The van der Waals surface area contributed by atoms with Crippen molar-refractivity contribution in [2.24, 2.45) is 0 Å². The van der Waals surface area contributed by atoms with Crippen LogP contribution in [0.4, 0.5) is 17.1 Å². The van der Waals surface area contributed by atoms with E-state index in [4.69, 9.17) is 13.6 Å². The first kappa shape index (κ1) is 28.5. The third kappa shape index (κ3) is 4.07. The molecule has 248 valence electrons. The molecule has 0 amide bonds. The number of para-hydroxylation sites is 6. The van der Waals surface area contributed by atoms with E-state index in [1.807, 2.05) is 36.4 Å². The second-order valence-corrected chi connectivity index (χ2v) is 13.7. The van der Waals surface area contributed by atoms with E-state index in [9.17, 15) is 0 Å². The fraction of sp³-hybridized carbons (Fsp3) is 0. The van der Waals surface area contributed by atoms with E-state index in [0.29, 0.717) is 0 Å². The Bertz CT molecular complexity index is 3290. The maximum atomic E-state index is 6.64. The molecule has 5 heteroatoms. The van der Waals surface area contributed by atoms with Crippen molar-refractivity contribution < 1.29 is 13.6 Å². The highest BCUT2D eigenvalue weighted by molar-refractivity contribution is 6.13. The lowest BCUT2D eigenvalue weighted by Crippen LogP contribution is -2.15. The van der Waals surface area contributed by atoms with E-state index < -0.39 is 0 Å². The molecule has 11 aromatic rings. The topological polar surface area (TPSA) is 43.7 Å². The lowest BCUT2D eigenvalue weighted by Gasteiger charge is -2.33. The van der Waals surface area contributed by atoms with Gasteiger partial charge in [0.15, 0.2) is 17.1 Å². The average molecular weight is 681 g/mol. The van der Waals surface area contributed by atoms with Crippen LogP contribution in [0.1, 0.15) is 0 Å². The van der Waals surface area contributed by atoms with Gasteiger partial charge in [-0.3, -0.25) is 0 Å². The van der Waals surface area contributed by atoms with Crippen molar-refractivity contribution >= 4 is 82.7 Å². The van der Waals surface area contributed by atoms with Crippen molar-refractivity contribution in [2.45, 2.75) is 0 Å². The number of rotatable bonds is 3. The second-order valence-electron chi connectivity index (χ2n) is 13.7. The summed E-state index contributed by atoms with van der Waals surface area (Å²) in [6.45, 7) is 0. The minimum atomic E-state index is 0.803. The van der Waals surface area contributed by atoms with Crippen LogP contribution in [-0.4, -0.2) is 4.57 Å². The Morgan fingerprint density at radius 3 is 1.91 bits per heavy atom. The number of benzene rings is 8. The van der Waals surface area contributed by atoms with Crippen molar-refractivity contribution in [1.82, 2.24) is 4.57 Å². The van der Waals surface area contributed by atoms with Crippen LogP contribution in [0.25, 0.3) is 82.5 Å². The van der Waals surface area contributed by atoms with Gasteiger partial charge in [-0.25, -0.2) is 0 Å². The highest BCUT2D eigenvalue weighted by Gasteiger charge is 2.27. The van der Waals surface area contributed by atoms with Crippen LogP contribution in [0.15, 0.2) is 179 Å². The molecule has 0 spiro atoms. The number of aromatic nitrogens is 1. The number of fused-ring (bicyclic) bond motifs is 11. The Labute approximate surface area is 303 Å². The zero-order chi connectivity index (χ0) is 34.6. The fourth-order valence-corrected chi connectivity index (χ4v) is 8.39. The van der Waals surface area contributed by atoms with Gasteiger partial charge in [0.2, 0.25) is 0 Å². The van der Waals surface area contributed by atoms with Crippen molar-refractivity contribution in [2.75, 3.05) is 4.90 Å². The van der Waals surface area contributed by atoms with Crippen molar-refractivity contribution in [3.8, 4) is 28.3 Å². The van der Waals surface area contributed by atoms with E-state index in [0.717, 1.165) is 100 Å². The zero-order valence-electron chi connectivity index (χ0n) is 28.3. The van der Waals surface area contributed by atoms with Crippen molar-refractivity contribution in [3.63, 3.8) is 0 Å². The normalized spacial score (nSPS) is 12.6. The predicted molar refractivity (Wildman–Crippen MR) is 216 cm³/mol. The SMILES string of the molecule is c1ccc2c(c1)Oc1cc(-c3ccc4c(c3)c3ccccc3n4-c3cccc4c3oc3ccccc34)ccc1N2c1ccc2oc3ccccc3c2c1. The van der Waals surface area contributed by atoms with Crippen LogP contribution >= 0.6 is 0 Å². The van der Waals surface area contributed by atoms with Gasteiger partial charge in [-0.15, -0.1) is 0 Å². The van der Waals surface area contributed by atoms with Crippen LogP contribution in [0.5, 0.6) is 11.5 Å². The Balaban J connectivity index is 1.01. The molecular formula is C48H28N2O3. The summed E-state index contributed by atoms with van der Waals surface area (Å²) in [5.74, 6) is 1.62. The smallest absolute Gasteiger partial charge is 0.159 e. The fourth-order valence-electron chi connectivity index (χ4n) is 8.39. The number of furan rings is 2. The molecule has 0 fully saturated rings. The summed E-state index contributed by atoms with van der Waals surface area (Å²) < 4.78 is 21.7. The van der Waals surface area contributed by atoms with Gasteiger partial charge >= 0.3 is 0 Å². The predicted octanol–water partition coefficient (Wildman–Crippen LogP) is 13.8. The maximum Gasteiger partial charge on any atom is 0.159 e. The Morgan fingerprint density at radius 2 is 1.00 bits per heavy atom. The number of hydrogen-bond donors (Lipinski definition) is 0. The van der Waals surface area contributed by atoms with E-state index >= 15 is 0 Å². The van der Waals surface area contributed by atoms with Gasteiger partial charge in [0.1, 0.15) is 16.7 Å². The van der Waals surface area contributed by atoms with Crippen LogP contribution < -0.4 is 9.64 Å². The maximum absolute atomic E-state index is 6.64. The number of ether oxygens (including phenoxy) is 1. The molecule has 0 atom stereocenters. The summed E-state index contributed by atoms with van der Waals surface area (Å²) >= 11 is 0. The molecule has 0 bridgehead atoms. The molecule has 12 rings (SSSR count). The molecule has 4 heterocycles. The van der Waals surface area contributed by atoms with E-state index in [1.165, 1.54) is 10.8 Å². The largest absolute Gasteiger partial charge is 0.456 e. The minimum Gasteiger partial charge on any atom is -0.456 e. The molecule has 3 aromatic heterocycles. The van der Waals surface area contributed by atoms with Crippen molar-refractivity contribution in [1.29, 1.82) is 0 Å². The molecule has 0 saturated heterocycles. The molecule has 5 nitrogen and oxygen atoms in total. The molecule has 0 aliphatic carbocycles. The number of anilines is 3. The van der Waals surface area contributed by atoms with Gasteiger partial charge in [-0.05, 0) is 90.0 Å². The van der Waals surface area contributed by atoms with E-state index in [-0.39, 0.29) is 0 Å². The van der Waals surface area contributed by atoms with Gasteiger partial charge in [-0.1, -0.05) is 91.0 Å². The first-order valence-electron chi connectivity index (χ1n) is 17.8. The lowest BCUT2D eigenvalue weighted by molar-refractivity contribution is 0.477. The molecular weight excluding hydrogens is 653 g/mol. The van der Waals surface area contributed by atoms with Gasteiger partial charge in [-0.2, -0.15) is 0 Å². The first-order valence-corrected chi connectivity index (χ1v) is 17.8. The van der Waals surface area contributed by atoms with E-state index in [2.05, 4.69) is 143 Å². The molecule has 0 N–H and O–H groups in total. The van der Waals surface area contributed by atoms with Gasteiger partial charge < -0.3 is 23.0 Å². The Hall–Kier alpha value is -7.24. The zero-order valence-corrected chi connectivity index (χ0v) is 28.3. The van der Waals surface area contributed by atoms with Crippen LogP contribution in [-0.2, 0) is 0 Å². The highest BCUT2D eigenvalue weighted by atomic mass is 16.5. The van der Waals surface area contributed by atoms with Gasteiger partial charge in [0.25, 0.3) is 0 Å². The summed E-state index contributed by atoms with van der Waals surface area (Å²) in [7, 11) is 0. The van der Waals surface area contributed by atoms with Gasteiger partial charge in [0, 0.05) is 38.0 Å². The third-order valence-electron chi connectivity index (χ3n) is 10.8. The third-order valence-corrected chi connectivity index (χ3v) is 10.8. The number of hydrogen-bond acceptors (Lipinski definition) is 4. The molecule has 0 unspecified atom stereocenters. The second kappa shape index (κ2) is 10.6. The average Bonchev–Trinajstić information content (AvgIpc) is 3.89. The summed E-state index contributed by atoms with van der Waals surface area (Å²) in [5, 5.41) is 6.80. The summed E-state index contributed by atoms with van der Waals surface area (Å²) in [5.41, 5.74) is 12.0. The van der Waals surface area contributed by atoms with Crippen molar-refractivity contribution in [3.05, 3.63) is 170 Å². The Morgan fingerprint density at radius 1 is 0.358 bits per heavy atom. The number of nitrogens with zero attached hydrogens (tertiary/aromatic N) is 2. The molecule has 0 radical (unpaired) electrons. The van der Waals surface area contributed by atoms with Crippen LogP contribution in [0, 0.1) is 0 Å². The molecule has 1 aliphatic rings. The lowest BCUT2D eigenvalue weighted by atomic mass is 10.0. The summed E-state index contributed by atoms with van der Waals surface area (Å²) in [4.78, 5) is 2.29. The highest BCUT2D eigenvalue weighted by Crippen LogP contribution is 2.52. The van der Waals surface area contributed by atoms with Crippen LogP contribution in [0.2, 0.25) is 0 Å². The molecule has 0 saturated carbocycles. The van der Waals surface area contributed by atoms with Gasteiger partial charge in [0.05, 0.1) is 28.1 Å². The molecule has 53 heavy (non-hydrogen) atoms. The Kier molecular flexibility index (Phi) is 5.71. The van der Waals surface area contributed by atoms with Crippen LogP contribution in [0.3, 0.4) is 0 Å². The summed E-state index contributed by atoms with van der Waals surface area (Å²) in [6, 6.07) is 59.4. The molecule has 8 aromatic carbocycles. The summed E-state index contributed by atoms with van der Waals surface area (Å²) in [6.07, 6.45) is 0. The first-order chi connectivity index (χ1) is 26.3. The monoisotopic (exact) mass is 680 g/mol. The molecule has 1 aliphatic heterocycles. The van der Waals surface area contributed by atoms with E-state index in [1.54, 1.807) is 0 Å². The standard InChI is InChI=1S/C48H28N2O3/c1-4-14-38-32(10-1)36-26-29(20-23-39(36)50(38)42-16-9-13-35-33-11-2-7-18-44(33)53-48(35)42)30-21-24-41-47(27-30)52-46-19-8-5-15-40(46)49(41)31-22-25-45-37(28-31)34-12-3-6-17-43(34)51-45/h1-28H. The quantitative estimate of drug-likeness (QED) is 0.186. The minimum absolute atomic E-state index is 0.803.